The molecule has 0 N–H and O–H groups in total. The average molecular weight is 223 g/mol. The molecule has 0 aromatic carbocycles. The lowest BCUT2D eigenvalue weighted by Crippen LogP contribution is -2.42. The van der Waals surface area contributed by atoms with Gasteiger partial charge in [-0.3, -0.25) is 9.59 Å². The summed E-state index contributed by atoms with van der Waals surface area (Å²) in [5, 5.41) is 0. The van der Waals surface area contributed by atoms with Gasteiger partial charge >= 0.3 is 0 Å². The first kappa shape index (κ1) is 14.7. The van der Waals surface area contributed by atoms with Crippen LogP contribution in [0, 0.1) is 18.3 Å². The van der Waals surface area contributed by atoms with Crippen molar-refractivity contribution in [3.05, 3.63) is 0 Å². The zero-order chi connectivity index (χ0) is 12.7. The largest absolute Gasteiger partial charge is 0.335 e. The van der Waals surface area contributed by atoms with Crippen LogP contribution >= 0.6 is 0 Å². The summed E-state index contributed by atoms with van der Waals surface area (Å²) in [7, 11) is 1.65. The van der Waals surface area contributed by atoms with E-state index in [0.29, 0.717) is 18.8 Å². The molecule has 0 saturated heterocycles. The van der Waals surface area contributed by atoms with E-state index in [1.807, 2.05) is 20.8 Å². The van der Waals surface area contributed by atoms with Gasteiger partial charge in [0.05, 0.1) is 12.5 Å². The van der Waals surface area contributed by atoms with Gasteiger partial charge in [0.15, 0.2) is 5.78 Å². The van der Waals surface area contributed by atoms with Gasteiger partial charge in [-0.25, -0.2) is 0 Å². The lowest BCUT2D eigenvalue weighted by Gasteiger charge is -2.27. The summed E-state index contributed by atoms with van der Waals surface area (Å²) >= 11 is 0. The number of carbonyl (C=O) groups is 2. The molecule has 0 fully saturated rings. The van der Waals surface area contributed by atoms with E-state index in [-0.39, 0.29) is 24.2 Å². The van der Waals surface area contributed by atoms with Crippen molar-refractivity contribution in [1.82, 2.24) is 4.90 Å². The fourth-order valence-electron chi connectivity index (χ4n) is 1.57. The third kappa shape index (κ3) is 4.48. The van der Waals surface area contributed by atoms with Crippen molar-refractivity contribution in [1.29, 1.82) is 0 Å². The summed E-state index contributed by atoms with van der Waals surface area (Å²) in [5.41, 5.74) is 0. The smallest absolute Gasteiger partial charge is 0.234 e. The SMILES string of the molecule is C#CCC(=O)N(C)[C@H](CC(C)C)C(=O)CC. The molecule has 0 aliphatic heterocycles. The van der Waals surface area contributed by atoms with E-state index in [0.717, 1.165) is 0 Å². The molecule has 0 aliphatic rings. The molecule has 0 saturated carbocycles. The molecule has 16 heavy (non-hydrogen) atoms. The zero-order valence-corrected chi connectivity index (χ0v) is 10.6. The fraction of sp³-hybridized carbons (Fsp3) is 0.692. The Kier molecular flexibility index (Phi) is 6.48. The quantitative estimate of drug-likeness (QED) is 0.645. The van der Waals surface area contributed by atoms with Crippen LogP contribution in [0.25, 0.3) is 0 Å². The number of likely N-dealkylation sites (N-methyl/N-ethyl adjacent to an activating group) is 1. The molecular weight excluding hydrogens is 202 g/mol. The predicted octanol–water partition coefficient (Wildman–Crippen LogP) is 1.86. The summed E-state index contributed by atoms with van der Waals surface area (Å²) in [6, 6.07) is -0.328. The summed E-state index contributed by atoms with van der Waals surface area (Å²) in [5.74, 6) is 2.63. The van der Waals surface area contributed by atoms with E-state index < -0.39 is 0 Å². The van der Waals surface area contributed by atoms with Gasteiger partial charge in [-0.1, -0.05) is 26.7 Å². The molecule has 0 aliphatic carbocycles. The standard InChI is InChI=1S/C13H21NO2/c1-6-8-13(16)14(5)11(9-10(3)4)12(15)7-2/h1,10-11H,7-9H2,2-5H3/t11-/m1/s1. The van der Waals surface area contributed by atoms with Crippen LogP contribution in [0.2, 0.25) is 0 Å². The first-order chi connectivity index (χ1) is 7.43. The molecule has 0 bridgehead atoms. The third-order valence-electron chi connectivity index (χ3n) is 2.53. The Morgan fingerprint density at radius 2 is 1.94 bits per heavy atom. The van der Waals surface area contributed by atoms with Gasteiger partial charge in [0.25, 0.3) is 0 Å². The molecule has 0 aromatic rings. The number of terminal acetylenes is 1. The van der Waals surface area contributed by atoms with E-state index in [2.05, 4.69) is 5.92 Å². The highest BCUT2D eigenvalue weighted by molar-refractivity contribution is 5.89. The minimum Gasteiger partial charge on any atom is -0.335 e. The number of nitrogens with zero attached hydrogens (tertiary/aromatic N) is 1. The molecule has 1 amide bonds. The average Bonchev–Trinajstić information content (AvgIpc) is 2.24. The summed E-state index contributed by atoms with van der Waals surface area (Å²) in [6.07, 6.45) is 6.30. The van der Waals surface area contributed by atoms with Crippen molar-refractivity contribution in [3.8, 4) is 12.3 Å². The number of Topliss-reactive ketones (excluding diaryl/α,β-unsaturated/α-hetero) is 1. The van der Waals surface area contributed by atoms with E-state index in [9.17, 15) is 9.59 Å². The van der Waals surface area contributed by atoms with E-state index in [1.165, 1.54) is 4.90 Å². The van der Waals surface area contributed by atoms with E-state index in [4.69, 9.17) is 6.42 Å². The van der Waals surface area contributed by atoms with Crippen molar-refractivity contribution >= 4 is 11.7 Å². The van der Waals surface area contributed by atoms with Crippen LogP contribution in [0.15, 0.2) is 0 Å². The molecular formula is C13H21NO2. The fourth-order valence-corrected chi connectivity index (χ4v) is 1.57. The van der Waals surface area contributed by atoms with Crippen LogP contribution in [0.4, 0.5) is 0 Å². The number of hydrogen-bond donors (Lipinski definition) is 0. The highest BCUT2D eigenvalue weighted by atomic mass is 16.2. The Balaban J connectivity index is 4.69. The molecule has 0 heterocycles. The van der Waals surface area contributed by atoms with Gasteiger partial charge in [0, 0.05) is 13.5 Å². The minimum atomic E-state index is -0.328. The topological polar surface area (TPSA) is 37.4 Å². The molecule has 90 valence electrons. The number of hydrogen-bond acceptors (Lipinski definition) is 2. The molecule has 0 rings (SSSR count). The molecule has 0 spiro atoms. The number of rotatable bonds is 6. The van der Waals surface area contributed by atoms with Crippen molar-refractivity contribution in [2.45, 2.75) is 46.1 Å². The normalized spacial score (nSPS) is 12.0. The maximum Gasteiger partial charge on any atom is 0.234 e. The van der Waals surface area contributed by atoms with Crippen molar-refractivity contribution < 1.29 is 9.59 Å². The number of carbonyl (C=O) groups excluding carboxylic acids is 2. The van der Waals surface area contributed by atoms with Gasteiger partial charge in [0.2, 0.25) is 5.91 Å². The Labute approximate surface area is 98.2 Å². The van der Waals surface area contributed by atoms with Crippen LogP contribution in [0.1, 0.15) is 40.0 Å². The zero-order valence-electron chi connectivity index (χ0n) is 10.6. The Hall–Kier alpha value is -1.30. The van der Waals surface area contributed by atoms with Crippen molar-refractivity contribution in [2.75, 3.05) is 7.05 Å². The Morgan fingerprint density at radius 1 is 1.38 bits per heavy atom. The van der Waals surface area contributed by atoms with Crippen LogP contribution < -0.4 is 0 Å². The van der Waals surface area contributed by atoms with Crippen molar-refractivity contribution in [2.24, 2.45) is 5.92 Å². The monoisotopic (exact) mass is 223 g/mol. The van der Waals surface area contributed by atoms with Gasteiger partial charge in [-0.15, -0.1) is 6.42 Å². The van der Waals surface area contributed by atoms with Gasteiger partial charge in [-0.05, 0) is 12.3 Å². The van der Waals surface area contributed by atoms with Crippen molar-refractivity contribution in [3.63, 3.8) is 0 Å². The lowest BCUT2D eigenvalue weighted by atomic mass is 9.97. The lowest BCUT2D eigenvalue weighted by molar-refractivity contribution is -0.137. The van der Waals surface area contributed by atoms with Crippen LogP contribution in [0.5, 0.6) is 0 Å². The first-order valence-corrected chi connectivity index (χ1v) is 5.65. The summed E-state index contributed by atoms with van der Waals surface area (Å²) in [6.45, 7) is 5.89. The highest BCUT2D eigenvalue weighted by Gasteiger charge is 2.25. The van der Waals surface area contributed by atoms with Gasteiger partial charge in [0.1, 0.15) is 0 Å². The molecule has 0 unspecified atom stereocenters. The minimum absolute atomic E-state index is 0.0576. The Bertz CT molecular complexity index is 289. The first-order valence-electron chi connectivity index (χ1n) is 5.65. The molecule has 3 nitrogen and oxygen atoms in total. The maximum atomic E-state index is 11.8. The van der Waals surface area contributed by atoms with E-state index in [1.54, 1.807) is 7.05 Å². The van der Waals surface area contributed by atoms with Gasteiger partial charge < -0.3 is 4.90 Å². The molecule has 0 aromatic heterocycles. The molecule has 0 radical (unpaired) electrons. The van der Waals surface area contributed by atoms with Gasteiger partial charge in [-0.2, -0.15) is 0 Å². The van der Waals surface area contributed by atoms with Crippen LogP contribution in [0.3, 0.4) is 0 Å². The molecule has 3 heteroatoms. The second kappa shape index (κ2) is 7.05. The third-order valence-corrected chi connectivity index (χ3v) is 2.53. The summed E-state index contributed by atoms with van der Waals surface area (Å²) < 4.78 is 0. The number of amides is 1. The highest BCUT2D eigenvalue weighted by Crippen LogP contribution is 2.13. The maximum absolute atomic E-state index is 11.8. The number of ketones is 1. The Morgan fingerprint density at radius 3 is 2.31 bits per heavy atom. The second-order valence-corrected chi connectivity index (χ2v) is 4.35. The predicted molar refractivity (Wildman–Crippen MR) is 64.8 cm³/mol. The van der Waals surface area contributed by atoms with E-state index >= 15 is 0 Å². The second-order valence-electron chi connectivity index (χ2n) is 4.35. The summed E-state index contributed by atoms with van der Waals surface area (Å²) in [4.78, 5) is 24.9. The van der Waals surface area contributed by atoms with Crippen LogP contribution in [-0.2, 0) is 9.59 Å². The molecule has 1 atom stereocenters. The van der Waals surface area contributed by atoms with Crippen LogP contribution in [-0.4, -0.2) is 29.7 Å².